The van der Waals surface area contributed by atoms with Crippen LogP contribution in [0.15, 0.2) is 96.2 Å². The number of sulfonamides is 1. The Morgan fingerprint density at radius 2 is 1.49 bits per heavy atom. The molecule has 236 valence electrons. The van der Waals surface area contributed by atoms with Crippen molar-refractivity contribution >= 4 is 27.6 Å². The molecule has 0 unspecified atom stereocenters. The SMILES string of the molecule is O=C(NCCN1CCN(c2ncccn2)CC1)c1ccc(S(=O)(=O)Nc2ccccc2Oc2ccc(OC(F)(F)F)cc2)cc1. The highest BCUT2D eigenvalue weighted by atomic mass is 32.2. The number of rotatable bonds is 11. The summed E-state index contributed by atoms with van der Waals surface area (Å²) in [5, 5.41) is 2.87. The molecule has 11 nitrogen and oxygen atoms in total. The average Bonchev–Trinajstić information content (AvgIpc) is 3.03. The van der Waals surface area contributed by atoms with Crippen LogP contribution in [-0.2, 0) is 10.0 Å². The van der Waals surface area contributed by atoms with Gasteiger partial charge in [-0.2, -0.15) is 0 Å². The Hall–Kier alpha value is -4.89. The van der Waals surface area contributed by atoms with Crippen molar-refractivity contribution in [1.29, 1.82) is 0 Å². The van der Waals surface area contributed by atoms with E-state index in [9.17, 15) is 26.4 Å². The molecular formula is C30H29F3N6O5S. The lowest BCUT2D eigenvalue weighted by Gasteiger charge is -2.34. The van der Waals surface area contributed by atoms with Crippen molar-refractivity contribution in [2.75, 3.05) is 48.9 Å². The summed E-state index contributed by atoms with van der Waals surface area (Å²) in [5.41, 5.74) is 0.411. The number of hydrogen-bond donors (Lipinski definition) is 2. The van der Waals surface area contributed by atoms with E-state index < -0.39 is 22.1 Å². The second-order valence-electron chi connectivity index (χ2n) is 9.88. The van der Waals surface area contributed by atoms with Gasteiger partial charge in [0, 0.05) is 57.2 Å². The Balaban J connectivity index is 1.12. The Morgan fingerprint density at radius 1 is 0.844 bits per heavy atom. The summed E-state index contributed by atoms with van der Waals surface area (Å²) in [6.45, 7) is 4.28. The van der Waals surface area contributed by atoms with Crippen LogP contribution in [-0.4, -0.2) is 74.8 Å². The van der Waals surface area contributed by atoms with E-state index in [1.807, 2.05) is 0 Å². The first-order chi connectivity index (χ1) is 21.6. The second-order valence-corrected chi connectivity index (χ2v) is 11.6. The summed E-state index contributed by atoms with van der Waals surface area (Å²) >= 11 is 0. The molecule has 1 fully saturated rings. The lowest BCUT2D eigenvalue weighted by atomic mass is 10.2. The first-order valence-electron chi connectivity index (χ1n) is 13.8. The Morgan fingerprint density at radius 3 is 2.16 bits per heavy atom. The maximum Gasteiger partial charge on any atom is 0.573 e. The molecule has 2 heterocycles. The number of alkyl halides is 3. The number of hydrogen-bond acceptors (Lipinski definition) is 9. The fraction of sp³-hybridized carbons (Fsp3) is 0.233. The van der Waals surface area contributed by atoms with Gasteiger partial charge in [0.25, 0.3) is 15.9 Å². The van der Waals surface area contributed by atoms with Crippen LogP contribution in [0, 0.1) is 0 Å². The van der Waals surface area contributed by atoms with E-state index >= 15 is 0 Å². The number of aromatic nitrogens is 2. The van der Waals surface area contributed by atoms with E-state index in [2.05, 4.69) is 34.5 Å². The van der Waals surface area contributed by atoms with E-state index in [0.29, 0.717) is 24.6 Å². The third-order valence-electron chi connectivity index (χ3n) is 6.76. The van der Waals surface area contributed by atoms with Crippen molar-refractivity contribution < 1.29 is 35.9 Å². The Bertz CT molecular complexity index is 1680. The van der Waals surface area contributed by atoms with Crippen LogP contribution >= 0.6 is 0 Å². The number of nitrogens with one attached hydrogen (secondary N) is 2. The molecule has 1 amide bonds. The Labute approximate surface area is 257 Å². The molecule has 15 heteroatoms. The minimum absolute atomic E-state index is 0.0808. The second kappa shape index (κ2) is 13.8. The van der Waals surface area contributed by atoms with Gasteiger partial charge >= 0.3 is 6.36 Å². The van der Waals surface area contributed by atoms with Gasteiger partial charge in [-0.05, 0) is 66.7 Å². The summed E-state index contributed by atoms with van der Waals surface area (Å²) in [6.07, 6.45) is -1.40. The van der Waals surface area contributed by atoms with Crippen LogP contribution < -0.4 is 24.4 Å². The molecule has 1 aromatic heterocycles. The third kappa shape index (κ3) is 8.83. The molecule has 4 aromatic rings. The molecule has 0 radical (unpaired) electrons. The summed E-state index contributed by atoms with van der Waals surface area (Å²) in [4.78, 5) is 25.5. The first-order valence-corrected chi connectivity index (χ1v) is 15.3. The number of carbonyl (C=O) groups excluding carboxylic acids is 1. The zero-order valence-electron chi connectivity index (χ0n) is 23.8. The molecular weight excluding hydrogens is 613 g/mol. The highest BCUT2D eigenvalue weighted by Crippen LogP contribution is 2.32. The zero-order chi connectivity index (χ0) is 31.9. The van der Waals surface area contributed by atoms with Crippen molar-refractivity contribution in [3.63, 3.8) is 0 Å². The van der Waals surface area contributed by atoms with Crippen LogP contribution in [0.1, 0.15) is 10.4 Å². The number of ether oxygens (including phenoxy) is 2. The molecule has 0 bridgehead atoms. The van der Waals surface area contributed by atoms with Gasteiger partial charge < -0.3 is 19.7 Å². The largest absolute Gasteiger partial charge is 0.573 e. The monoisotopic (exact) mass is 642 g/mol. The number of piperazine rings is 1. The van der Waals surface area contributed by atoms with Crippen molar-refractivity contribution in [2.24, 2.45) is 0 Å². The number of carbonyl (C=O) groups is 1. The average molecular weight is 643 g/mol. The fourth-order valence-electron chi connectivity index (χ4n) is 4.52. The molecule has 0 atom stereocenters. The van der Waals surface area contributed by atoms with E-state index in [1.165, 1.54) is 48.5 Å². The van der Waals surface area contributed by atoms with Crippen molar-refractivity contribution in [3.05, 3.63) is 96.8 Å². The Kier molecular flexibility index (Phi) is 9.68. The minimum atomic E-state index is -4.83. The molecule has 0 saturated carbocycles. The van der Waals surface area contributed by atoms with Gasteiger partial charge in [0.15, 0.2) is 5.75 Å². The quantitative estimate of drug-likeness (QED) is 0.243. The van der Waals surface area contributed by atoms with Gasteiger partial charge in [-0.15, -0.1) is 13.2 Å². The van der Waals surface area contributed by atoms with Crippen LogP contribution in [0.3, 0.4) is 0 Å². The van der Waals surface area contributed by atoms with Crippen LogP contribution in [0.2, 0.25) is 0 Å². The predicted octanol–water partition coefficient (Wildman–Crippen LogP) is 4.52. The van der Waals surface area contributed by atoms with Crippen molar-refractivity contribution in [2.45, 2.75) is 11.3 Å². The van der Waals surface area contributed by atoms with Crippen LogP contribution in [0.4, 0.5) is 24.8 Å². The molecule has 1 saturated heterocycles. The van der Waals surface area contributed by atoms with E-state index in [4.69, 9.17) is 4.74 Å². The highest BCUT2D eigenvalue weighted by Gasteiger charge is 2.31. The van der Waals surface area contributed by atoms with E-state index in [0.717, 1.165) is 38.3 Å². The number of benzene rings is 3. The van der Waals surface area contributed by atoms with Gasteiger partial charge in [0.2, 0.25) is 5.95 Å². The molecule has 2 N–H and O–H groups in total. The number of amides is 1. The van der Waals surface area contributed by atoms with Crippen molar-refractivity contribution in [1.82, 2.24) is 20.2 Å². The maximum atomic E-state index is 13.1. The van der Waals surface area contributed by atoms with Gasteiger partial charge in [-0.3, -0.25) is 14.4 Å². The lowest BCUT2D eigenvalue weighted by Crippen LogP contribution is -2.49. The van der Waals surface area contributed by atoms with Crippen LogP contribution in [0.5, 0.6) is 17.2 Å². The molecule has 0 spiro atoms. The molecule has 3 aromatic carbocycles. The molecule has 5 rings (SSSR count). The number of nitrogens with zero attached hydrogens (tertiary/aromatic N) is 4. The standard InChI is InChI=1S/C30H29F3N6O5S/c31-30(32,33)44-24-10-8-23(9-11-24)43-27-5-2-1-4-26(27)37-45(41,42)25-12-6-22(7-13-25)28(40)34-16-17-38-18-20-39(21-19-38)29-35-14-3-15-36-29/h1-15,37H,16-21H2,(H,34,40). The zero-order valence-corrected chi connectivity index (χ0v) is 24.6. The molecule has 1 aliphatic rings. The van der Waals surface area contributed by atoms with Gasteiger partial charge in [0.05, 0.1) is 10.6 Å². The fourth-order valence-corrected chi connectivity index (χ4v) is 5.59. The number of halogens is 3. The summed E-state index contributed by atoms with van der Waals surface area (Å²) < 4.78 is 75.5. The normalized spacial score (nSPS) is 14.1. The van der Waals surface area contributed by atoms with E-state index in [1.54, 1.807) is 30.6 Å². The molecule has 0 aliphatic carbocycles. The summed E-state index contributed by atoms with van der Waals surface area (Å²) in [5.74, 6) is 0.242. The first kappa shape index (κ1) is 31.5. The maximum absolute atomic E-state index is 13.1. The number of para-hydroxylation sites is 2. The van der Waals surface area contributed by atoms with Gasteiger partial charge in [-0.1, -0.05) is 12.1 Å². The van der Waals surface area contributed by atoms with Crippen molar-refractivity contribution in [3.8, 4) is 17.2 Å². The highest BCUT2D eigenvalue weighted by molar-refractivity contribution is 7.92. The smallest absolute Gasteiger partial charge is 0.455 e. The van der Waals surface area contributed by atoms with Crippen LogP contribution in [0.25, 0.3) is 0 Å². The number of anilines is 2. The predicted molar refractivity (Wildman–Crippen MR) is 160 cm³/mol. The third-order valence-corrected chi connectivity index (χ3v) is 8.15. The lowest BCUT2D eigenvalue weighted by molar-refractivity contribution is -0.274. The molecule has 1 aliphatic heterocycles. The topological polar surface area (TPSA) is 126 Å². The van der Waals surface area contributed by atoms with E-state index in [-0.39, 0.29) is 28.0 Å². The van der Waals surface area contributed by atoms with Gasteiger partial charge in [0.1, 0.15) is 11.5 Å². The van der Waals surface area contributed by atoms with Gasteiger partial charge in [-0.25, -0.2) is 18.4 Å². The summed E-state index contributed by atoms with van der Waals surface area (Å²) in [6, 6.07) is 18.1. The molecule has 45 heavy (non-hydrogen) atoms. The minimum Gasteiger partial charge on any atom is -0.455 e. The summed E-state index contributed by atoms with van der Waals surface area (Å²) in [7, 11) is -4.08.